The SMILES string of the molecule is CC(C)Oc1cc(NCCN2CCCCC2)ncn1. The van der Waals surface area contributed by atoms with Crippen LogP contribution in [0.15, 0.2) is 12.4 Å². The van der Waals surface area contributed by atoms with Gasteiger partial charge >= 0.3 is 0 Å². The van der Waals surface area contributed by atoms with E-state index in [4.69, 9.17) is 4.74 Å². The molecule has 0 saturated carbocycles. The summed E-state index contributed by atoms with van der Waals surface area (Å²) in [5.74, 6) is 1.47. The molecule has 1 aromatic rings. The Bertz CT molecular complexity index is 377. The highest BCUT2D eigenvalue weighted by Crippen LogP contribution is 2.12. The fourth-order valence-corrected chi connectivity index (χ4v) is 2.27. The van der Waals surface area contributed by atoms with Crippen LogP contribution in [0.4, 0.5) is 5.82 Å². The van der Waals surface area contributed by atoms with Crippen LogP contribution in [0, 0.1) is 0 Å². The zero-order valence-electron chi connectivity index (χ0n) is 11.9. The molecule has 0 radical (unpaired) electrons. The molecular formula is C14H24N4O. The first kappa shape index (κ1) is 14.1. The van der Waals surface area contributed by atoms with Crippen molar-refractivity contribution in [2.75, 3.05) is 31.5 Å². The summed E-state index contributed by atoms with van der Waals surface area (Å²) in [5, 5.41) is 3.33. The molecule has 0 atom stereocenters. The number of rotatable bonds is 6. The molecule has 1 aliphatic rings. The van der Waals surface area contributed by atoms with Crippen LogP contribution in [-0.4, -0.2) is 47.2 Å². The predicted octanol–water partition coefficient (Wildman–Crippen LogP) is 2.16. The molecule has 1 fully saturated rings. The van der Waals surface area contributed by atoms with Crippen LogP contribution in [0.25, 0.3) is 0 Å². The lowest BCUT2D eigenvalue weighted by Gasteiger charge is -2.26. The van der Waals surface area contributed by atoms with Gasteiger partial charge in [0.2, 0.25) is 5.88 Å². The van der Waals surface area contributed by atoms with Crippen molar-refractivity contribution < 1.29 is 4.74 Å². The number of anilines is 1. The van der Waals surface area contributed by atoms with Crippen LogP contribution in [0.3, 0.4) is 0 Å². The molecule has 106 valence electrons. The topological polar surface area (TPSA) is 50.3 Å². The van der Waals surface area contributed by atoms with E-state index in [0.29, 0.717) is 5.88 Å². The fraction of sp³-hybridized carbons (Fsp3) is 0.714. The lowest BCUT2D eigenvalue weighted by Crippen LogP contribution is -2.33. The second-order valence-corrected chi connectivity index (χ2v) is 5.24. The summed E-state index contributed by atoms with van der Waals surface area (Å²) in [7, 11) is 0. The molecule has 2 heterocycles. The monoisotopic (exact) mass is 264 g/mol. The summed E-state index contributed by atoms with van der Waals surface area (Å²) in [6.07, 6.45) is 5.73. The largest absolute Gasteiger partial charge is 0.475 e. The van der Waals surface area contributed by atoms with Crippen molar-refractivity contribution in [3.05, 3.63) is 12.4 Å². The highest BCUT2D eigenvalue weighted by molar-refractivity contribution is 5.36. The Morgan fingerprint density at radius 2 is 2.05 bits per heavy atom. The molecular weight excluding hydrogens is 240 g/mol. The highest BCUT2D eigenvalue weighted by Gasteiger charge is 2.09. The van der Waals surface area contributed by atoms with Gasteiger partial charge < -0.3 is 15.0 Å². The summed E-state index contributed by atoms with van der Waals surface area (Å²) in [6, 6.07) is 1.86. The van der Waals surface area contributed by atoms with Gasteiger partial charge in [0.05, 0.1) is 6.10 Å². The Labute approximate surface area is 115 Å². The molecule has 19 heavy (non-hydrogen) atoms. The van der Waals surface area contributed by atoms with E-state index in [1.54, 1.807) is 6.33 Å². The molecule has 0 aliphatic carbocycles. The Kier molecular flexibility index (Phi) is 5.39. The van der Waals surface area contributed by atoms with Crippen LogP contribution in [-0.2, 0) is 0 Å². The van der Waals surface area contributed by atoms with Crippen molar-refractivity contribution in [1.29, 1.82) is 0 Å². The average molecular weight is 264 g/mol. The van der Waals surface area contributed by atoms with E-state index in [1.165, 1.54) is 32.4 Å². The van der Waals surface area contributed by atoms with Gasteiger partial charge in [0.15, 0.2) is 0 Å². The zero-order chi connectivity index (χ0) is 13.5. The molecule has 0 spiro atoms. The van der Waals surface area contributed by atoms with Gasteiger partial charge in [0, 0.05) is 19.2 Å². The van der Waals surface area contributed by atoms with E-state index in [1.807, 2.05) is 19.9 Å². The fourth-order valence-electron chi connectivity index (χ4n) is 2.27. The van der Waals surface area contributed by atoms with Crippen LogP contribution in [0.5, 0.6) is 5.88 Å². The summed E-state index contributed by atoms with van der Waals surface area (Å²) in [4.78, 5) is 10.8. The number of nitrogens with zero attached hydrogens (tertiary/aromatic N) is 3. The number of likely N-dealkylation sites (tertiary alicyclic amines) is 1. The van der Waals surface area contributed by atoms with Crippen molar-refractivity contribution in [3.63, 3.8) is 0 Å². The van der Waals surface area contributed by atoms with Gasteiger partial charge in [0.1, 0.15) is 12.1 Å². The summed E-state index contributed by atoms with van der Waals surface area (Å²) < 4.78 is 5.55. The molecule has 5 nitrogen and oxygen atoms in total. The number of piperidine rings is 1. The minimum absolute atomic E-state index is 0.135. The van der Waals surface area contributed by atoms with Gasteiger partial charge in [-0.05, 0) is 39.8 Å². The standard InChI is InChI=1S/C14H24N4O/c1-12(2)19-14-10-13(16-11-17-14)15-6-9-18-7-4-3-5-8-18/h10-12H,3-9H2,1-2H3,(H,15,16,17). The van der Waals surface area contributed by atoms with Crippen LogP contribution in [0.1, 0.15) is 33.1 Å². The van der Waals surface area contributed by atoms with E-state index in [2.05, 4.69) is 20.2 Å². The van der Waals surface area contributed by atoms with Gasteiger partial charge in [-0.15, -0.1) is 0 Å². The lowest BCUT2D eigenvalue weighted by atomic mass is 10.1. The van der Waals surface area contributed by atoms with Crippen LogP contribution >= 0.6 is 0 Å². The third-order valence-electron chi connectivity index (χ3n) is 3.18. The Morgan fingerprint density at radius 1 is 1.26 bits per heavy atom. The maximum atomic E-state index is 5.55. The van der Waals surface area contributed by atoms with Crippen molar-refractivity contribution >= 4 is 5.82 Å². The van der Waals surface area contributed by atoms with Crippen molar-refractivity contribution in [3.8, 4) is 5.88 Å². The van der Waals surface area contributed by atoms with Gasteiger partial charge in [-0.3, -0.25) is 0 Å². The van der Waals surface area contributed by atoms with Crippen LogP contribution < -0.4 is 10.1 Å². The van der Waals surface area contributed by atoms with E-state index in [0.717, 1.165) is 18.9 Å². The van der Waals surface area contributed by atoms with E-state index in [-0.39, 0.29) is 6.10 Å². The van der Waals surface area contributed by atoms with Gasteiger partial charge in [-0.25, -0.2) is 9.97 Å². The molecule has 2 rings (SSSR count). The van der Waals surface area contributed by atoms with E-state index in [9.17, 15) is 0 Å². The first-order valence-electron chi connectivity index (χ1n) is 7.19. The number of ether oxygens (including phenoxy) is 1. The third-order valence-corrected chi connectivity index (χ3v) is 3.18. The molecule has 5 heteroatoms. The molecule has 1 N–H and O–H groups in total. The van der Waals surface area contributed by atoms with Gasteiger partial charge in [-0.2, -0.15) is 0 Å². The first-order valence-corrected chi connectivity index (χ1v) is 7.19. The van der Waals surface area contributed by atoms with E-state index >= 15 is 0 Å². The second-order valence-electron chi connectivity index (χ2n) is 5.24. The lowest BCUT2D eigenvalue weighted by molar-refractivity contribution is 0.232. The Hall–Kier alpha value is -1.36. The predicted molar refractivity (Wildman–Crippen MR) is 76.6 cm³/mol. The van der Waals surface area contributed by atoms with Crippen molar-refractivity contribution in [1.82, 2.24) is 14.9 Å². The molecule has 0 bridgehead atoms. The molecule has 0 unspecified atom stereocenters. The molecule has 1 saturated heterocycles. The number of hydrogen-bond acceptors (Lipinski definition) is 5. The summed E-state index contributed by atoms with van der Waals surface area (Å²) in [5.41, 5.74) is 0. The Balaban J connectivity index is 1.75. The molecule has 0 amide bonds. The van der Waals surface area contributed by atoms with Crippen molar-refractivity contribution in [2.45, 2.75) is 39.2 Å². The summed E-state index contributed by atoms with van der Waals surface area (Å²) >= 11 is 0. The quantitative estimate of drug-likeness (QED) is 0.853. The summed E-state index contributed by atoms with van der Waals surface area (Å²) in [6.45, 7) is 8.43. The van der Waals surface area contributed by atoms with Crippen molar-refractivity contribution in [2.24, 2.45) is 0 Å². The maximum Gasteiger partial charge on any atom is 0.218 e. The second kappa shape index (κ2) is 7.28. The van der Waals surface area contributed by atoms with Gasteiger partial charge in [-0.1, -0.05) is 6.42 Å². The smallest absolute Gasteiger partial charge is 0.218 e. The minimum atomic E-state index is 0.135. The maximum absolute atomic E-state index is 5.55. The van der Waals surface area contributed by atoms with Crippen LogP contribution in [0.2, 0.25) is 0 Å². The molecule has 1 aromatic heterocycles. The molecule has 0 aromatic carbocycles. The minimum Gasteiger partial charge on any atom is -0.475 e. The number of aromatic nitrogens is 2. The third kappa shape index (κ3) is 5.03. The Morgan fingerprint density at radius 3 is 2.79 bits per heavy atom. The normalized spacial score (nSPS) is 16.6. The number of hydrogen-bond donors (Lipinski definition) is 1. The first-order chi connectivity index (χ1) is 9.24. The highest BCUT2D eigenvalue weighted by atomic mass is 16.5. The van der Waals surface area contributed by atoms with Gasteiger partial charge in [0.25, 0.3) is 0 Å². The number of nitrogens with one attached hydrogen (secondary N) is 1. The zero-order valence-corrected chi connectivity index (χ0v) is 11.9. The average Bonchev–Trinajstić information content (AvgIpc) is 2.40. The van der Waals surface area contributed by atoms with E-state index < -0.39 is 0 Å². The molecule has 1 aliphatic heterocycles.